The molecule has 2 aromatic rings. The highest BCUT2D eigenvalue weighted by atomic mass is 35.5. The van der Waals surface area contributed by atoms with Gasteiger partial charge in [-0.2, -0.15) is 0 Å². The zero-order valence-electron chi connectivity index (χ0n) is 22.4. The minimum Gasteiger partial charge on any atom is -0.444 e. The highest BCUT2D eigenvalue weighted by molar-refractivity contribution is 6.30. The monoisotopic (exact) mass is 540 g/mol. The van der Waals surface area contributed by atoms with Gasteiger partial charge in [-0.3, -0.25) is 4.79 Å². The van der Waals surface area contributed by atoms with E-state index in [0.29, 0.717) is 37.7 Å². The van der Waals surface area contributed by atoms with Crippen molar-refractivity contribution in [2.24, 2.45) is 5.41 Å². The molecular formula is C30H37ClN2O5. The number of hydrogen-bond acceptors (Lipinski definition) is 5. The van der Waals surface area contributed by atoms with Crippen molar-refractivity contribution >= 4 is 23.6 Å². The molecule has 2 amide bonds. The Morgan fingerprint density at radius 1 is 1.13 bits per heavy atom. The van der Waals surface area contributed by atoms with Gasteiger partial charge in [0.25, 0.3) is 0 Å². The molecule has 3 aliphatic heterocycles. The van der Waals surface area contributed by atoms with Crippen molar-refractivity contribution in [1.29, 1.82) is 0 Å². The van der Waals surface area contributed by atoms with E-state index in [1.807, 2.05) is 51.1 Å². The summed E-state index contributed by atoms with van der Waals surface area (Å²) >= 11 is 6.21. The van der Waals surface area contributed by atoms with Crippen molar-refractivity contribution in [2.45, 2.75) is 63.7 Å². The van der Waals surface area contributed by atoms with E-state index in [1.54, 1.807) is 21.9 Å². The van der Waals surface area contributed by atoms with E-state index < -0.39 is 17.6 Å². The molecule has 3 saturated heterocycles. The van der Waals surface area contributed by atoms with Crippen LogP contribution in [-0.2, 0) is 25.4 Å². The number of carbonyl (C=O) groups excluding carboxylic acids is 2. The summed E-state index contributed by atoms with van der Waals surface area (Å²) in [6, 6.07) is 17.2. The van der Waals surface area contributed by atoms with Crippen LogP contribution in [0.2, 0.25) is 5.02 Å². The molecule has 0 bridgehead atoms. The topological polar surface area (TPSA) is 68.3 Å². The Morgan fingerprint density at radius 2 is 1.87 bits per heavy atom. The van der Waals surface area contributed by atoms with Crippen molar-refractivity contribution in [2.75, 3.05) is 33.0 Å². The summed E-state index contributed by atoms with van der Waals surface area (Å²) in [7, 11) is 0. The lowest BCUT2D eigenvalue weighted by Crippen LogP contribution is -2.47. The fourth-order valence-electron chi connectivity index (χ4n) is 5.95. The number of rotatable bonds is 5. The summed E-state index contributed by atoms with van der Waals surface area (Å²) in [5, 5.41) is 0.600. The molecule has 0 aliphatic carbocycles. The van der Waals surface area contributed by atoms with Crippen molar-refractivity contribution < 1.29 is 23.8 Å². The first-order chi connectivity index (χ1) is 18.1. The van der Waals surface area contributed by atoms with E-state index in [9.17, 15) is 9.59 Å². The maximum atomic E-state index is 14.3. The minimum absolute atomic E-state index is 0.0441. The lowest BCUT2D eigenvalue weighted by molar-refractivity contribution is -0.134. The van der Waals surface area contributed by atoms with Crippen molar-refractivity contribution in [1.82, 2.24) is 9.80 Å². The molecule has 0 aromatic heterocycles. The van der Waals surface area contributed by atoms with Crippen molar-refractivity contribution in [3.8, 4) is 0 Å². The first-order valence-corrected chi connectivity index (χ1v) is 13.8. The highest BCUT2D eigenvalue weighted by Gasteiger charge is 2.53. The van der Waals surface area contributed by atoms with Crippen LogP contribution >= 0.6 is 11.6 Å². The molecule has 5 rings (SSSR count). The second-order valence-electron chi connectivity index (χ2n) is 11.9. The van der Waals surface area contributed by atoms with Crippen LogP contribution in [0.15, 0.2) is 54.6 Å². The van der Waals surface area contributed by atoms with Crippen LogP contribution in [0.25, 0.3) is 0 Å². The molecule has 0 radical (unpaired) electrons. The predicted molar refractivity (Wildman–Crippen MR) is 145 cm³/mol. The van der Waals surface area contributed by atoms with Crippen LogP contribution in [0.3, 0.4) is 0 Å². The highest BCUT2D eigenvalue weighted by Crippen LogP contribution is 2.47. The summed E-state index contributed by atoms with van der Waals surface area (Å²) in [6.45, 7) is 8.07. The normalized spacial score (nSPS) is 26.2. The van der Waals surface area contributed by atoms with Gasteiger partial charge in [0.05, 0.1) is 24.7 Å². The van der Waals surface area contributed by atoms with Gasteiger partial charge in [-0.25, -0.2) is 4.79 Å². The van der Waals surface area contributed by atoms with Gasteiger partial charge in [0.1, 0.15) is 12.3 Å². The quantitative estimate of drug-likeness (QED) is 0.517. The van der Waals surface area contributed by atoms with Gasteiger partial charge in [-0.1, -0.05) is 54.1 Å². The number of halogens is 1. The lowest BCUT2D eigenvalue weighted by Gasteiger charge is -2.34. The molecule has 4 atom stereocenters. The Balaban J connectivity index is 1.43. The molecule has 204 valence electrons. The smallest absolute Gasteiger partial charge is 0.410 e. The molecule has 7 nitrogen and oxygen atoms in total. The number of ether oxygens (including phenoxy) is 3. The molecule has 38 heavy (non-hydrogen) atoms. The molecule has 0 N–H and O–H groups in total. The molecule has 3 fully saturated rings. The van der Waals surface area contributed by atoms with Crippen LogP contribution < -0.4 is 0 Å². The van der Waals surface area contributed by atoms with E-state index >= 15 is 0 Å². The van der Waals surface area contributed by atoms with E-state index in [1.165, 1.54) is 5.56 Å². The van der Waals surface area contributed by atoms with Gasteiger partial charge >= 0.3 is 6.09 Å². The molecule has 1 spiro atoms. The van der Waals surface area contributed by atoms with Crippen molar-refractivity contribution in [3.05, 3.63) is 70.7 Å². The van der Waals surface area contributed by atoms with Crippen LogP contribution in [0.5, 0.6) is 0 Å². The van der Waals surface area contributed by atoms with E-state index in [2.05, 4.69) is 12.1 Å². The van der Waals surface area contributed by atoms with Crippen LogP contribution in [0.1, 0.15) is 50.7 Å². The molecule has 3 aliphatic rings. The summed E-state index contributed by atoms with van der Waals surface area (Å²) in [5.41, 5.74) is 1.19. The zero-order chi connectivity index (χ0) is 26.9. The third-order valence-electron chi connectivity index (χ3n) is 7.75. The van der Waals surface area contributed by atoms with Crippen LogP contribution in [0, 0.1) is 5.41 Å². The number of amides is 2. The maximum Gasteiger partial charge on any atom is 0.410 e. The minimum atomic E-state index is -0.642. The summed E-state index contributed by atoms with van der Waals surface area (Å²) in [4.78, 5) is 31.3. The SMILES string of the molecule is CC(C)(C)OC(=O)N1CC2(CCOC2)C[C@H]1[C@@H](C(=O)N1CO[C@@H](Cc2ccccc2)C1)c1ccc(Cl)cc1. The first kappa shape index (κ1) is 27.0. The van der Waals surface area contributed by atoms with E-state index in [0.717, 1.165) is 18.4 Å². The van der Waals surface area contributed by atoms with E-state index in [4.69, 9.17) is 25.8 Å². The Hall–Kier alpha value is -2.61. The Kier molecular flexibility index (Phi) is 7.72. The molecule has 3 heterocycles. The molecule has 1 unspecified atom stereocenters. The largest absolute Gasteiger partial charge is 0.444 e. The number of hydrogen-bond donors (Lipinski definition) is 0. The average molecular weight is 541 g/mol. The Bertz CT molecular complexity index is 1130. The van der Waals surface area contributed by atoms with Crippen LogP contribution in [-0.4, -0.2) is 72.6 Å². The van der Waals surface area contributed by atoms with Gasteiger partial charge in [-0.05, 0) is 56.9 Å². The first-order valence-electron chi connectivity index (χ1n) is 13.4. The van der Waals surface area contributed by atoms with Gasteiger partial charge in [-0.15, -0.1) is 0 Å². The number of nitrogens with zero attached hydrogens (tertiary/aromatic N) is 2. The second-order valence-corrected chi connectivity index (χ2v) is 12.3. The summed E-state index contributed by atoms with van der Waals surface area (Å²) in [5.74, 6) is -0.615. The number of carbonyl (C=O) groups is 2. The Morgan fingerprint density at radius 3 is 2.53 bits per heavy atom. The van der Waals surface area contributed by atoms with E-state index in [-0.39, 0.29) is 30.2 Å². The molecule has 2 aromatic carbocycles. The average Bonchev–Trinajstić information content (AvgIpc) is 3.61. The fourth-order valence-corrected chi connectivity index (χ4v) is 6.07. The fraction of sp³-hybridized carbons (Fsp3) is 0.533. The van der Waals surface area contributed by atoms with Gasteiger partial charge in [0, 0.05) is 36.6 Å². The molecule has 8 heteroatoms. The maximum absolute atomic E-state index is 14.3. The predicted octanol–water partition coefficient (Wildman–Crippen LogP) is 5.27. The van der Waals surface area contributed by atoms with Crippen LogP contribution in [0.4, 0.5) is 4.79 Å². The molecular weight excluding hydrogens is 504 g/mol. The van der Waals surface area contributed by atoms with Gasteiger partial charge in [0.15, 0.2) is 0 Å². The zero-order valence-corrected chi connectivity index (χ0v) is 23.2. The summed E-state index contributed by atoms with van der Waals surface area (Å²) < 4.78 is 17.7. The lowest BCUT2D eigenvalue weighted by atomic mass is 9.80. The van der Waals surface area contributed by atoms with Gasteiger partial charge in [0.2, 0.25) is 5.91 Å². The van der Waals surface area contributed by atoms with Gasteiger partial charge < -0.3 is 24.0 Å². The summed E-state index contributed by atoms with van der Waals surface area (Å²) in [6.07, 6.45) is 1.80. The third-order valence-corrected chi connectivity index (χ3v) is 8.00. The van der Waals surface area contributed by atoms with Crippen molar-refractivity contribution in [3.63, 3.8) is 0 Å². The third kappa shape index (κ3) is 6.00. The number of benzene rings is 2. The standard InChI is InChI=1S/C30H37ClN2O5/c1-29(2,3)38-28(35)33-18-30(13-14-36-19-30)16-25(33)26(22-9-11-23(31)12-10-22)27(34)32-17-24(37-20-32)15-21-7-5-4-6-8-21/h4-12,24-26H,13-20H2,1-3H3/t24-,25-,26-,30?/m0/s1. The number of likely N-dealkylation sites (tertiary alicyclic amines) is 1. The Labute approximate surface area is 230 Å². The molecule has 0 saturated carbocycles. The second kappa shape index (κ2) is 10.9.